The van der Waals surface area contributed by atoms with Crippen LogP contribution in [0.2, 0.25) is 0 Å². The smallest absolute Gasteiger partial charge is 0.215 e. The molecule has 0 aliphatic rings. The number of nitrogens with zero attached hydrogens (tertiary/aromatic N) is 3. The molecule has 0 radical (unpaired) electrons. The first-order chi connectivity index (χ1) is 14.8. The van der Waals surface area contributed by atoms with Crippen LogP contribution in [0.25, 0.3) is 39.5 Å². The van der Waals surface area contributed by atoms with E-state index in [1.54, 1.807) is 0 Å². The van der Waals surface area contributed by atoms with Crippen molar-refractivity contribution in [3.63, 3.8) is 0 Å². The van der Waals surface area contributed by atoms with Crippen LogP contribution in [0.4, 0.5) is 0 Å². The summed E-state index contributed by atoms with van der Waals surface area (Å²) in [6.07, 6.45) is 2.12. The molecule has 0 aliphatic carbocycles. The van der Waals surface area contributed by atoms with Crippen molar-refractivity contribution >= 4 is 21.7 Å². The monoisotopic (exact) mass is 457 g/mol. The number of fused-ring (bicyclic) bond motifs is 1. The third-order valence-electron chi connectivity index (χ3n) is 5.23. The topological polar surface area (TPSA) is 42.5 Å². The van der Waals surface area contributed by atoms with Crippen molar-refractivity contribution < 1.29 is 5.11 Å². The Morgan fingerprint density at radius 2 is 1.40 bits per heavy atom. The Morgan fingerprint density at radius 1 is 0.767 bits per heavy atom. The van der Waals surface area contributed by atoms with Gasteiger partial charge >= 0.3 is 0 Å². The van der Waals surface area contributed by atoms with Crippen LogP contribution in [0, 0.1) is 0 Å². The lowest BCUT2D eigenvalue weighted by molar-refractivity contribution is 0.278. The zero-order chi connectivity index (χ0) is 20.5. The standard InChI is InChI=1S/C25H20BrN3O/c26-21-13-11-18(12-14-21)22-17-29-24(20-9-5-2-6-10-20)23(19-7-3-1-4-8-19)27-25(29)28(22)15-16-30/h1-14,17,30H,15-16H2. The molecule has 5 aromatic rings. The highest BCUT2D eigenvalue weighted by atomic mass is 79.9. The second kappa shape index (κ2) is 7.94. The number of benzene rings is 3. The first-order valence-electron chi connectivity index (χ1n) is 9.85. The number of rotatable bonds is 5. The number of hydrogen-bond donors (Lipinski definition) is 1. The fourth-order valence-electron chi connectivity index (χ4n) is 3.87. The van der Waals surface area contributed by atoms with Crippen molar-refractivity contribution in [3.05, 3.63) is 95.6 Å². The van der Waals surface area contributed by atoms with E-state index in [4.69, 9.17) is 4.98 Å². The molecule has 0 aliphatic heterocycles. The fraction of sp³-hybridized carbons (Fsp3) is 0.0800. The quantitative estimate of drug-likeness (QED) is 0.357. The van der Waals surface area contributed by atoms with E-state index in [1.807, 2.05) is 48.5 Å². The van der Waals surface area contributed by atoms with Gasteiger partial charge in [-0.25, -0.2) is 4.98 Å². The average molecular weight is 458 g/mol. The lowest BCUT2D eigenvalue weighted by atomic mass is 10.0. The molecule has 0 atom stereocenters. The zero-order valence-corrected chi connectivity index (χ0v) is 17.8. The minimum atomic E-state index is 0.0437. The highest BCUT2D eigenvalue weighted by Crippen LogP contribution is 2.35. The van der Waals surface area contributed by atoms with Crippen molar-refractivity contribution in [2.24, 2.45) is 0 Å². The van der Waals surface area contributed by atoms with Gasteiger partial charge in [-0.05, 0) is 17.7 Å². The van der Waals surface area contributed by atoms with E-state index in [1.165, 1.54) is 0 Å². The first-order valence-corrected chi connectivity index (χ1v) is 10.6. The molecule has 148 valence electrons. The maximum atomic E-state index is 9.76. The molecule has 0 unspecified atom stereocenters. The van der Waals surface area contributed by atoms with Gasteiger partial charge in [-0.3, -0.25) is 4.40 Å². The molecule has 5 rings (SSSR count). The average Bonchev–Trinajstić information content (AvgIpc) is 3.33. The van der Waals surface area contributed by atoms with E-state index in [9.17, 15) is 5.11 Å². The third-order valence-corrected chi connectivity index (χ3v) is 5.76. The van der Waals surface area contributed by atoms with Crippen LogP contribution in [-0.2, 0) is 6.54 Å². The highest BCUT2D eigenvalue weighted by molar-refractivity contribution is 9.10. The largest absolute Gasteiger partial charge is 0.395 e. The van der Waals surface area contributed by atoms with E-state index in [2.05, 4.69) is 67.5 Å². The van der Waals surface area contributed by atoms with Gasteiger partial charge in [-0.1, -0.05) is 88.7 Å². The van der Waals surface area contributed by atoms with E-state index < -0.39 is 0 Å². The van der Waals surface area contributed by atoms with E-state index in [0.29, 0.717) is 6.54 Å². The maximum absolute atomic E-state index is 9.76. The molecule has 0 amide bonds. The molecule has 0 fully saturated rings. The lowest BCUT2D eigenvalue weighted by Crippen LogP contribution is -2.04. The summed E-state index contributed by atoms with van der Waals surface area (Å²) in [4.78, 5) is 5.05. The van der Waals surface area contributed by atoms with Gasteiger partial charge in [0.1, 0.15) is 0 Å². The van der Waals surface area contributed by atoms with Gasteiger partial charge in [0.05, 0.1) is 23.7 Å². The molecule has 4 nitrogen and oxygen atoms in total. The van der Waals surface area contributed by atoms with Crippen molar-refractivity contribution in [1.29, 1.82) is 0 Å². The summed E-state index contributed by atoms with van der Waals surface area (Å²) in [6, 6.07) is 28.8. The lowest BCUT2D eigenvalue weighted by Gasteiger charge is -2.08. The van der Waals surface area contributed by atoms with Crippen LogP contribution in [0.15, 0.2) is 95.6 Å². The van der Waals surface area contributed by atoms with Gasteiger partial charge in [0, 0.05) is 28.3 Å². The van der Waals surface area contributed by atoms with Gasteiger partial charge in [0.2, 0.25) is 5.78 Å². The molecule has 0 bridgehead atoms. The Balaban J connectivity index is 1.81. The summed E-state index contributed by atoms with van der Waals surface area (Å²) in [6.45, 7) is 0.517. The van der Waals surface area contributed by atoms with Gasteiger partial charge in [0.25, 0.3) is 0 Å². The molecule has 2 aromatic heterocycles. The SMILES string of the molecule is OCCn1c(-c2ccc(Br)cc2)cn2c(-c3ccccc3)c(-c3ccccc3)nc12. The molecular weight excluding hydrogens is 438 g/mol. The van der Waals surface area contributed by atoms with Gasteiger partial charge in [-0.15, -0.1) is 0 Å². The first kappa shape index (κ1) is 18.9. The van der Waals surface area contributed by atoms with Gasteiger partial charge in [-0.2, -0.15) is 0 Å². The van der Waals surface area contributed by atoms with Crippen LogP contribution in [0.5, 0.6) is 0 Å². The summed E-state index contributed by atoms with van der Waals surface area (Å²) < 4.78 is 5.26. The highest BCUT2D eigenvalue weighted by Gasteiger charge is 2.21. The number of aliphatic hydroxyl groups excluding tert-OH is 1. The Labute approximate surface area is 183 Å². The summed E-state index contributed by atoms with van der Waals surface area (Å²) >= 11 is 3.51. The molecule has 0 spiro atoms. The number of aromatic nitrogens is 3. The predicted octanol–water partition coefficient (Wildman–Crippen LogP) is 5.89. The molecular formula is C25H20BrN3O. The van der Waals surface area contributed by atoms with Crippen LogP contribution in [0.1, 0.15) is 0 Å². The number of halogens is 1. The van der Waals surface area contributed by atoms with E-state index in [-0.39, 0.29) is 6.61 Å². The fourth-order valence-corrected chi connectivity index (χ4v) is 4.14. The predicted molar refractivity (Wildman–Crippen MR) is 124 cm³/mol. The summed E-state index contributed by atoms with van der Waals surface area (Å²) in [7, 11) is 0. The molecule has 30 heavy (non-hydrogen) atoms. The summed E-state index contributed by atoms with van der Waals surface area (Å²) in [5.41, 5.74) is 6.26. The van der Waals surface area contributed by atoms with Crippen molar-refractivity contribution in [2.45, 2.75) is 6.54 Å². The molecule has 0 saturated heterocycles. The Hall–Kier alpha value is -3.15. The third kappa shape index (κ3) is 3.26. The molecule has 3 aromatic carbocycles. The van der Waals surface area contributed by atoms with Gasteiger partial charge < -0.3 is 9.67 Å². The second-order valence-electron chi connectivity index (χ2n) is 7.11. The van der Waals surface area contributed by atoms with Crippen LogP contribution >= 0.6 is 15.9 Å². The minimum absolute atomic E-state index is 0.0437. The normalized spacial score (nSPS) is 11.3. The van der Waals surface area contributed by atoms with Gasteiger partial charge in [0.15, 0.2) is 0 Å². The van der Waals surface area contributed by atoms with E-state index >= 15 is 0 Å². The summed E-state index contributed by atoms with van der Waals surface area (Å²) in [5.74, 6) is 0.819. The number of hydrogen-bond acceptors (Lipinski definition) is 2. The second-order valence-corrected chi connectivity index (χ2v) is 8.02. The van der Waals surface area contributed by atoms with E-state index in [0.717, 1.165) is 44.0 Å². The maximum Gasteiger partial charge on any atom is 0.215 e. The van der Waals surface area contributed by atoms with Crippen molar-refractivity contribution in [2.75, 3.05) is 6.61 Å². The summed E-state index contributed by atoms with van der Waals surface area (Å²) in [5, 5.41) is 9.76. The van der Waals surface area contributed by atoms with Crippen molar-refractivity contribution in [3.8, 4) is 33.8 Å². The number of imidazole rings is 2. The minimum Gasteiger partial charge on any atom is -0.395 e. The van der Waals surface area contributed by atoms with Crippen LogP contribution in [-0.4, -0.2) is 25.7 Å². The number of aliphatic hydroxyl groups is 1. The Bertz CT molecular complexity index is 1290. The molecule has 5 heteroatoms. The van der Waals surface area contributed by atoms with Crippen LogP contribution < -0.4 is 0 Å². The Morgan fingerprint density at radius 3 is 2.03 bits per heavy atom. The molecule has 2 heterocycles. The zero-order valence-electron chi connectivity index (χ0n) is 16.2. The molecule has 1 N–H and O–H groups in total. The Kier molecular flexibility index (Phi) is 4.99. The molecule has 0 saturated carbocycles. The van der Waals surface area contributed by atoms with Crippen LogP contribution in [0.3, 0.4) is 0 Å². The van der Waals surface area contributed by atoms with Crippen molar-refractivity contribution in [1.82, 2.24) is 14.0 Å².